The normalized spacial score (nSPS) is 13.0. The van der Waals surface area contributed by atoms with Gasteiger partial charge < -0.3 is 0 Å². The van der Waals surface area contributed by atoms with Crippen LogP contribution in [0.25, 0.3) is 0 Å². The van der Waals surface area contributed by atoms with Gasteiger partial charge in [0.1, 0.15) is 7.11 Å². The van der Waals surface area contributed by atoms with E-state index in [2.05, 4.69) is 39.5 Å². The summed E-state index contributed by atoms with van der Waals surface area (Å²) in [6.07, 6.45) is 3.93. The molecule has 0 aliphatic carbocycles. The van der Waals surface area contributed by atoms with E-state index in [4.69, 9.17) is 4.84 Å². The van der Waals surface area contributed by atoms with Gasteiger partial charge in [0.2, 0.25) is 12.4 Å². The second-order valence-corrected chi connectivity index (χ2v) is 4.50. The van der Waals surface area contributed by atoms with Crippen molar-refractivity contribution in [2.45, 2.75) is 31.9 Å². The maximum atomic E-state index is 5.13. The predicted octanol–water partition coefficient (Wildman–Crippen LogP) is 2.15. The van der Waals surface area contributed by atoms with Gasteiger partial charge in [-0.2, -0.15) is 12.6 Å². The average Bonchev–Trinajstić information content (AvgIpc) is 2.16. The van der Waals surface area contributed by atoms with Crippen molar-refractivity contribution in [1.29, 1.82) is 0 Å². The van der Waals surface area contributed by atoms with Crippen LogP contribution in [0.1, 0.15) is 43.1 Å². The number of nitrogens with zero attached hydrogens (tertiary/aromatic N) is 1. The van der Waals surface area contributed by atoms with Gasteiger partial charge >= 0.3 is 0 Å². The lowest BCUT2D eigenvalue weighted by molar-refractivity contribution is -0.885. The van der Waals surface area contributed by atoms with Gasteiger partial charge in [0, 0.05) is 21.6 Å². The molecule has 1 unspecified atom stereocenters. The molecule has 0 radical (unpaired) electrons. The molecule has 78 valence electrons. The number of pyridine rings is 1. The van der Waals surface area contributed by atoms with Gasteiger partial charge in [0.25, 0.3) is 0 Å². The van der Waals surface area contributed by atoms with E-state index in [9.17, 15) is 0 Å². The summed E-state index contributed by atoms with van der Waals surface area (Å²) in [5.41, 5.74) is 2.56. The predicted molar refractivity (Wildman–Crippen MR) is 60.6 cm³/mol. The second kappa shape index (κ2) is 4.69. The molecule has 1 atom stereocenters. The van der Waals surface area contributed by atoms with E-state index >= 15 is 0 Å². The summed E-state index contributed by atoms with van der Waals surface area (Å²) in [4.78, 5) is 5.13. The summed E-state index contributed by atoms with van der Waals surface area (Å²) in [7, 11) is 1.66. The second-order valence-electron chi connectivity index (χ2n) is 3.73. The molecule has 0 bridgehead atoms. The highest BCUT2D eigenvalue weighted by molar-refractivity contribution is 7.80. The van der Waals surface area contributed by atoms with Crippen molar-refractivity contribution in [2.24, 2.45) is 0 Å². The van der Waals surface area contributed by atoms with Crippen LogP contribution in [0.3, 0.4) is 0 Å². The Labute approximate surface area is 91.3 Å². The number of thiol groups is 1. The number of aromatic nitrogens is 1. The molecule has 1 heterocycles. The molecule has 0 fully saturated rings. The molecule has 3 heteroatoms. The molecule has 0 saturated heterocycles. The third-order valence-electron chi connectivity index (χ3n) is 2.28. The highest BCUT2D eigenvalue weighted by Crippen LogP contribution is 2.26. The zero-order valence-corrected chi connectivity index (χ0v) is 10.1. The van der Waals surface area contributed by atoms with Gasteiger partial charge in [-0.25, -0.2) is 0 Å². The van der Waals surface area contributed by atoms with Gasteiger partial charge in [-0.1, -0.05) is 13.8 Å². The first-order valence-corrected chi connectivity index (χ1v) is 5.35. The fourth-order valence-corrected chi connectivity index (χ4v) is 1.72. The van der Waals surface area contributed by atoms with Gasteiger partial charge in [0.05, 0.1) is 0 Å². The van der Waals surface area contributed by atoms with Crippen molar-refractivity contribution >= 4 is 12.6 Å². The SMILES string of the molecule is CO[n+]1ccc(C(C)S)c(C(C)C)c1. The van der Waals surface area contributed by atoms with Gasteiger partial charge in [-0.05, 0) is 18.4 Å². The third-order valence-corrected chi connectivity index (χ3v) is 2.56. The minimum Gasteiger partial charge on any atom is -0.275 e. The smallest absolute Gasteiger partial charge is 0.226 e. The van der Waals surface area contributed by atoms with E-state index in [1.54, 1.807) is 11.8 Å². The summed E-state index contributed by atoms with van der Waals surface area (Å²) >= 11 is 4.47. The standard InChI is InChI=1S/C11H17NOS/c1-8(2)11-7-12(13-4)6-5-10(11)9(3)14/h5-9H,1-4H3/p+1. The molecule has 0 aromatic carbocycles. The van der Waals surface area contributed by atoms with Crippen LogP contribution >= 0.6 is 12.6 Å². The molecular weight excluding hydrogens is 194 g/mol. The van der Waals surface area contributed by atoms with Crippen molar-refractivity contribution in [3.05, 3.63) is 29.6 Å². The van der Waals surface area contributed by atoms with Gasteiger partial charge in [0.15, 0.2) is 0 Å². The topological polar surface area (TPSA) is 13.1 Å². The first-order valence-electron chi connectivity index (χ1n) is 4.84. The van der Waals surface area contributed by atoms with Crippen LogP contribution in [0.2, 0.25) is 0 Å². The number of hydrogen-bond donors (Lipinski definition) is 1. The largest absolute Gasteiger partial charge is 0.275 e. The molecule has 2 nitrogen and oxygen atoms in total. The summed E-state index contributed by atoms with van der Waals surface area (Å²) in [5, 5.41) is 0.263. The van der Waals surface area contributed by atoms with E-state index in [0.717, 1.165) is 0 Å². The number of hydrogen-bond acceptors (Lipinski definition) is 2. The highest BCUT2D eigenvalue weighted by atomic mass is 32.1. The van der Waals surface area contributed by atoms with Crippen LogP contribution in [0.5, 0.6) is 0 Å². The van der Waals surface area contributed by atoms with Crippen molar-refractivity contribution in [3.8, 4) is 0 Å². The quantitative estimate of drug-likeness (QED) is 0.598. The lowest BCUT2D eigenvalue weighted by Crippen LogP contribution is -2.40. The molecule has 0 saturated carbocycles. The van der Waals surface area contributed by atoms with Crippen LogP contribution in [-0.2, 0) is 0 Å². The molecule has 0 aliphatic heterocycles. The molecule has 1 aromatic heterocycles. The summed E-state index contributed by atoms with van der Waals surface area (Å²) in [6.45, 7) is 6.44. The molecule has 0 N–H and O–H groups in total. The van der Waals surface area contributed by atoms with E-state index in [0.29, 0.717) is 5.92 Å². The van der Waals surface area contributed by atoms with Crippen molar-refractivity contribution in [2.75, 3.05) is 7.11 Å². The monoisotopic (exact) mass is 212 g/mol. The Bertz CT molecular complexity index is 310. The summed E-state index contributed by atoms with van der Waals surface area (Å²) in [5.74, 6) is 0.488. The van der Waals surface area contributed by atoms with Crippen LogP contribution in [0.15, 0.2) is 18.5 Å². The van der Waals surface area contributed by atoms with Crippen molar-refractivity contribution < 1.29 is 9.57 Å². The van der Waals surface area contributed by atoms with Crippen LogP contribution in [-0.4, -0.2) is 7.11 Å². The van der Waals surface area contributed by atoms with Crippen LogP contribution in [0, 0.1) is 0 Å². The average molecular weight is 212 g/mol. The van der Waals surface area contributed by atoms with Crippen molar-refractivity contribution in [3.63, 3.8) is 0 Å². The zero-order chi connectivity index (χ0) is 10.7. The number of rotatable bonds is 3. The fourth-order valence-electron chi connectivity index (χ4n) is 1.48. The van der Waals surface area contributed by atoms with E-state index in [-0.39, 0.29) is 5.25 Å². The van der Waals surface area contributed by atoms with Crippen LogP contribution in [0.4, 0.5) is 0 Å². The van der Waals surface area contributed by atoms with E-state index < -0.39 is 0 Å². The van der Waals surface area contributed by atoms with Crippen LogP contribution < -0.4 is 9.57 Å². The lowest BCUT2D eigenvalue weighted by atomic mass is 9.98. The van der Waals surface area contributed by atoms with Gasteiger partial charge in [-0.3, -0.25) is 4.84 Å². The maximum absolute atomic E-state index is 5.13. The first-order chi connectivity index (χ1) is 6.56. The Morgan fingerprint density at radius 2 is 1.93 bits per heavy atom. The van der Waals surface area contributed by atoms with E-state index in [1.165, 1.54) is 11.1 Å². The molecular formula is C11H18NOS+. The van der Waals surface area contributed by atoms with Crippen molar-refractivity contribution in [1.82, 2.24) is 0 Å². The van der Waals surface area contributed by atoms with E-state index in [1.807, 2.05) is 12.4 Å². The Hall–Kier alpha value is -0.700. The molecule has 0 spiro atoms. The Morgan fingerprint density at radius 1 is 1.29 bits per heavy atom. The molecule has 0 aliphatic rings. The minimum atomic E-state index is 0.263. The first kappa shape index (κ1) is 11.4. The third kappa shape index (κ3) is 2.41. The molecule has 1 aromatic rings. The summed E-state index contributed by atoms with van der Waals surface area (Å²) < 4.78 is 1.72. The molecule has 1 rings (SSSR count). The molecule has 14 heavy (non-hydrogen) atoms. The summed E-state index contributed by atoms with van der Waals surface area (Å²) in [6, 6.07) is 2.07. The molecule has 0 amide bonds. The Kier molecular flexibility index (Phi) is 3.81. The fraction of sp³-hybridized carbons (Fsp3) is 0.545. The lowest BCUT2D eigenvalue weighted by Gasteiger charge is -2.12. The zero-order valence-electron chi connectivity index (χ0n) is 9.19. The maximum Gasteiger partial charge on any atom is 0.226 e. The Balaban J connectivity index is 3.17. The van der Waals surface area contributed by atoms with Gasteiger partial charge in [-0.15, -0.1) is 0 Å². The Morgan fingerprint density at radius 3 is 2.36 bits per heavy atom. The minimum absolute atomic E-state index is 0.263. The highest BCUT2D eigenvalue weighted by Gasteiger charge is 2.15.